The third-order valence-electron chi connectivity index (χ3n) is 3.57. The van der Waals surface area contributed by atoms with E-state index in [1.165, 1.54) is 6.92 Å². The van der Waals surface area contributed by atoms with Gasteiger partial charge in [0, 0.05) is 0 Å². The number of hydrogen-bond acceptors (Lipinski definition) is 7. The van der Waals surface area contributed by atoms with Gasteiger partial charge in [-0.15, -0.1) is 0 Å². The van der Waals surface area contributed by atoms with Crippen LogP contribution in [0.15, 0.2) is 6.33 Å². The summed E-state index contributed by atoms with van der Waals surface area (Å²) < 4.78 is 34.4. The second kappa shape index (κ2) is 4.55. The molecule has 0 radical (unpaired) electrons. The van der Waals surface area contributed by atoms with Crippen LogP contribution in [0.4, 0.5) is 14.7 Å². The smallest absolute Gasteiger partial charge is 0.245 e. The van der Waals surface area contributed by atoms with Crippen molar-refractivity contribution in [2.24, 2.45) is 0 Å². The first kappa shape index (κ1) is 14.0. The number of fused-ring (bicyclic) bond motifs is 1. The van der Waals surface area contributed by atoms with E-state index in [1.54, 1.807) is 0 Å². The largest absolute Gasteiger partial charge is 0.393 e. The Kier molecular flexibility index (Phi) is 3.04. The predicted molar refractivity (Wildman–Crippen MR) is 66.2 cm³/mol. The topological polar surface area (TPSA) is 119 Å². The van der Waals surface area contributed by atoms with Crippen LogP contribution in [0.25, 0.3) is 11.2 Å². The molecule has 3 rings (SSSR count). The van der Waals surface area contributed by atoms with Gasteiger partial charge in [0.15, 0.2) is 23.6 Å². The van der Waals surface area contributed by atoms with E-state index < -0.39 is 36.7 Å². The lowest BCUT2D eigenvalue weighted by atomic mass is 9.99. The standard InChI is InChI=1S/C11H13F2N5O3/c1-11(2-19)6(20)4(12)9(21-11)18-3-15-5-7(13)16-10(14)17-8(5)18/h3-4,6,9,19-20H,2H2,1H3,(H2,14,16,17). The van der Waals surface area contributed by atoms with Gasteiger partial charge >= 0.3 is 0 Å². The molecule has 0 aliphatic carbocycles. The maximum atomic E-state index is 14.3. The van der Waals surface area contributed by atoms with E-state index in [4.69, 9.17) is 10.5 Å². The van der Waals surface area contributed by atoms with Crippen molar-refractivity contribution in [2.45, 2.75) is 31.0 Å². The lowest BCUT2D eigenvalue weighted by Gasteiger charge is -2.24. The molecule has 2 aromatic heterocycles. The summed E-state index contributed by atoms with van der Waals surface area (Å²) in [6, 6.07) is 0. The van der Waals surface area contributed by atoms with Crippen LogP contribution in [0.2, 0.25) is 0 Å². The number of rotatable bonds is 2. The Balaban J connectivity index is 2.10. The van der Waals surface area contributed by atoms with Crippen molar-refractivity contribution >= 4 is 17.1 Å². The van der Waals surface area contributed by atoms with E-state index in [2.05, 4.69) is 15.0 Å². The lowest BCUT2D eigenvalue weighted by molar-refractivity contribution is -0.115. The quantitative estimate of drug-likeness (QED) is 0.641. The number of ether oxygens (including phenoxy) is 1. The summed E-state index contributed by atoms with van der Waals surface area (Å²) in [4.78, 5) is 10.9. The zero-order chi connectivity index (χ0) is 15.4. The summed E-state index contributed by atoms with van der Waals surface area (Å²) in [6.07, 6.45) is -3.58. The summed E-state index contributed by atoms with van der Waals surface area (Å²) in [7, 11) is 0. The fourth-order valence-corrected chi connectivity index (χ4v) is 2.33. The zero-order valence-corrected chi connectivity index (χ0v) is 10.9. The molecule has 4 atom stereocenters. The molecule has 0 aromatic carbocycles. The van der Waals surface area contributed by atoms with Crippen LogP contribution >= 0.6 is 0 Å². The molecule has 1 aliphatic heterocycles. The number of alkyl halides is 1. The number of aromatic nitrogens is 4. The Morgan fingerprint density at radius 1 is 1.52 bits per heavy atom. The summed E-state index contributed by atoms with van der Waals surface area (Å²) in [5.41, 5.74) is 3.65. The first-order chi connectivity index (χ1) is 9.87. The van der Waals surface area contributed by atoms with Crippen molar-refractivity contribution < 1.29 is 23.7 Å². The minimum Gasteiger partial charge on any atom is -0.393 e. The molecule has 0 saturated carbocycles. The number of aliphatic hydroxyl groups is 2. The van der Waals surface area contributed by atoms with Crippen molar-refractivity contribution in [3.05, 3.63) is 12.3 Å². The number of nitrogen functional groups attached to an aromatic ring is 1. The van der Waals surface area contributed by atoms with Gasteiger partial charge in [-0.3, -0.25) is 4.57 Å². The first-order valence-electron chi connectivity index (χ1n) is 6.14. The Bertz CT molecular complexity index is 696. The summed E-state index contributed by atoms with van der Waals surface area (Å²) in [5, 5.41) is 19.1. The van der Waals surface area contributed by atoms with Gasteiger partial charge in [0.25, 0.3) is 0 Å². The van der Waals surface area contributed by atoms with Crippen LogP contribution in [-0.4, -0.2) is 54.2 Å². The summed E-state index contributed by atoms with van der Waals surface area (Å²) >= 11 is 0. The highest BCUT2D eigenvalue weighted by Crippen LogP contribution is 2.39. The third-order valence-corrected chi connectivity index (χ3v) is 3.57. The van der Waals surface area contributed by atoms with Crippen LogP contribution in [0.5, 0.6) is 0 Å². The van der Waals surface area contributed by atoms with Gasteiger partial charge in [0.05, 0.1) is 12.9 Å². The van der Waals surface area contributed by atoms with Crippen LogP contribution < -0.4 is 5.73 Å². The number of aliphatic hydroxyl groups excluding tert-OH is 2. The summed E-state index contributed by atoms with van der Waals surface area (Å²) in [5.74, 6) is -1.27. The molecule has 1 aliphatic rings. The average Bonchev–Trinajstić information content (AvgIpc) is 2.95. The van der Waals surface area contributed by atoms with E-state index in [0.29, 0.717) is 0 Å². The number of nitrogens with zero attached hydrogens (tertiary/aromatic N) is 4. The first-order valence-corrected chi connectivity index (χ1v) is 6.14. The molecule has 0 amide bonds. The normalized spacial score (nSPS) is 32.9. The number of hydrogen-bond donors (Lipinski definition) is 3. The predicted octanol–water partition coefficient (Wildman–Crippen LogP) is -0.474. The van der Waals surface area contributed by atoms with Crippen LogP contribution in [0.1, 0.15) is 13.2 Å². The maximum Gasteiger partial charge on any atom is 0.245 e. The number of halogens is 2. The van der Waals surface area contributed by atoms with Crippen LogP contribution in [0.3, 0.4) is 0 Å². The molecule has 4 N–H and O–H groups in total. The van der Waals surface area contributed by atoms with Gasteiger partial charge in [0.2, 0.25) is 11.9 Å². The minimum absolute atomic E-state index is 0.0537. The molecule has 8 nitrogen and oxygen atoms in total. The SMILES string of the molecule is CC1(CO)OC(n2cnc3c(F)nc(N)nc32)C(F)C1O. The monoisotopic (exact) mass is 301 g/mol. The Morgan fingerprint density at radius 2 is 2.24 bits per heavy atom. The van der Waals surface area contributed by atoms with Gasteiger partial charge in [0.1, 0.15) is 11.7 Å². The number of anilines is 1. The Morgan fingerprint density at radius 3 is 2.86 bits per heavy atom. The number of imidazole rings is 1. The molecule has 2 aromatic rings. The van der Waals surface area contributed by atoms with Crippen molar-refractivity contribution in [2.75, 3.05) is 12.3 Å². The van der Waals surface area contributed by atoms with Crippen molar-refractivity contribution in [3.63, 3.8) is 0 Å². The highest BCUT2D eigenvalue weighted by molar-refractivity contribution is 5.71. The van der Waals surface area contributed by atoms with Crippen molar-refractivity contribution in [1.29, 1.82) is 0 Å². The second-order valence-electron chi connectivity index (χ2n) is 5.07. The molecule has 0 spiro atoms. The third kappa shape index (κ3) is 1.94. The summed E-state index contributed by atoms with van der Waals surface area (Å²) in [6.45, 7) is 0.788. The highest BCUT2D eigenvalue weighted by atomic mass is 19.1. The molecule has 114 valence electrons. The van der Waals surface area contributed by atoms with E-state index in [0.717, 1.165) is 10.9 Å². The van der Waals surface area contributed by atoms with E-state index >= 15 is 0 Å². The molecule has 4 unspecified atom stereocenters. The Hall–Kier alpha value is -1.91. The van der Waals surface area contributed by atoms with Gasteiger partial charge in [-0.05, 0) is 6.92 Å². The van der Waals surface area contributed by atoms with E-state index in [1.807, 2.05) is 0 Å². The molecule has 1 fully saturated rings. The fourth-order valence-electron chi connectivity index (χ4n) is 2.33. The molecule has 21 heavy (non-hydrogen) atoms. The van der Waals surface area contributed by atoms with Crippen LogP contribution in [-0.2, 0) is 4.74 Å². The molecular weight excluding hydrogens is 288 g/mol. The molecule has 3 heterocycles. The Labute approximate surface area is 117 Å². The molecule has 1 saturated heterocycles. The zero-order valence-electron chi connectivity index (χ0n) is 10.9. The van der Waals surface area contributed by atoms with Gasteiger partial charge < -0.3 is 20.7 Å². The van der Waals surface area contributed by atoms with E-state index in [-0.39, 0.29) is 17.1 Å². The van der Waals surface area contributed by atoms with Gasteiger partial charge in [-0.1, -0.05) is 0 Å². The van der Waals surface area contributed by atoms with Gasteiger partial charge in [-0.25, -0.2) is 9.37 Å². The fraction of sp³-hybridized carbons (Fsp3) is 0.545. The molecular formula is C11H13F2N5O3. The van der Waals surface area contributed by atoms with Crippen molar-refractivity contribution in [1.82, 2.24) is 19.5 Å². The minimum atomic E-state index is -1.85. The molecule has 10 heteroatoms. The van der Waals surface area contributed by atoms with Gasteiger partial charge in [-0.2, -0.15) is 14.4 Å². The lowest BCUT2D eigenvalue weighted by Crippen LogP contribution is -2.42. The average molecular weight is 301 g/mol. The van der Waals surface area contributed by atoms with Crippen LogP contribution in [0, 0.1) is 5.95 Å². The van der Waals surface area contributed by atoms with Crippen molar-refractivity contribution in [3.8, 4) is 0 Å². The second-order valence-corrected chi connectivity index (χ2v) is 5.07. The number of nitrogens with two attached hydrogens (primary N) is 1. The highest BCUT2D eigenvalue weighted by Gasteiger charge is 2.53. The van der Waals surface area contributed by atoms with E-state index in [9.17, 15) is 19.0 Å². The maximum absolute atomic E-state index is 14.3. The molecule has 0 bridgehead atoms.